The Morgan fingerprint density at radius 3 is 2.93 bits per heavy atom. The topological polar surface area (TPSA) is 42.6 Å². The highest BCUT2D eigenvalue weighted by atomic mass is 15.5. The van der Waals surface area contributed by atoms with Crippen LogP contribution in [0.3, 0.4) is 0 Å². The maximum Gasteiger partial charge on any atom is 0.206 e. The first kappa shape index (κ1) is 8.30. The number of rotatable bonds is 1. The van der Waals surface area contributed by atoms with E-state index in [0.717, 1.165) is 24.7 Å². The van der Waals surface area contributed by atoms with Gasteiger partial charge in [0.05, 0.1) is 24.0 Å². The average molecular weight is 198 g/mol. The zero-order valence-corrected chi connectivity index (χ0v) is 8.22. The number of guanidine groups is 1. The molecule has 0 saturated carbocycles. The average Bonchev–Trinajstić information content (AvgIpc) is 2.82. The molecule has 0 N–H and O–H groups in total. The first-order chi connectivity index (χ1) is 7.42. The van der Waals surface area contributed by atoms with Crippen LogP contribution in [0.5, 0.6) is 0 Å². The summed E-state index contributed by atoms with van der Waals surface area (Å²) in [7, 11) is 0. The quantitative estimate of drug-likeness (QED) is 0.637. The van der Waals surface area contributed by atoms with Gasteiger partial charge in [0.2, 0.25) is 5.96 Å². The number of nitrogens with zero attached hydrogens (tertiary/aromatic N) is 4. The highest BCUT2D eigenvalue weighted by molar-refractivity contribution is 6.17. The van der Waals surface area contributed by atoms with Gasteiger partial charge in [0.15, 0.2) is 0 Å². The van der Waals surface area contributed by atoms with Gasteiger partial charge in [-0.15, -0.1) is 0 Å². The van der Waals surface area contributed by atoms with E-state index >= 15 is 0 Å². The van der Waals surface area contributed by atoms with E-state index in [9.17, 15) is 0 Å². The fraction of sp³-hybridized carbons (Fsp3) is 0.273. The van der Waals surface area contributed by atoms with Crippen LogP contribution in [-0.4, -0.2) is 25.6 Å². The number of fused-ring (bicyclic) bond motifs is 3. The summed E-state index contributed by atoms with van der Waals surface area (Å²) < 4.78 is 0. The minimum atomic E-state index is 0.367. The summed E-state index contributed by atoms with van der Waals surface area (Å²) in [6, 6.07) is 10.3. The van der Waals surface area contributed by atoms with Gasteiger partial charge in [-0.25, -0.2) is 0 Å². The van der Waals surface area contributed by atoms with Gasteiger partial charge < -0.3 is 4.90 Å². The molecular formula is C11H10N4. The number of aliphatic imine (C=N–C) groups is 1. The van der Waals surface area contributed by atoms with Gasteiger partial charge in [-0.1, -0.05) is 12.1 Å². The Balaban J connectivity index is 2.13. The molecule has 3 rings (SSSR count). The summed E-state index contributed by atoms with van der Waals surface area (Å²) in [5.41, 5.74) is 2.27. The van der Waals surface area contributed by atoms with E-state index in [1.54, 1.807) is 0 Å². The van der Waals surface area contributed by atoms with Crippen LogP contribution in [0, 0.1) is 11.3 Å². The lowest BCUT2D eigenvalue weighted by molar-refractivity contribution is 1.03. The van der Waals surface area contributed by atoms with Crippen molar-refractivity contribution in [1.29, 1.82) is 5.26 Å². The second-order valence-electron chi connectivity index (χ2n) is 3.57. The SMILES string of the molecule is N#CCN1C2=NCCN2c2ccccc21. The Kier molecular flexibility index (Phi) is 1.65. The van der Waals surface area contributed by atoms with E-state index < -0.39 is 0 Å². The summed E-state index contributed by atoms with van der Waals surface area (Å²) >= 11 is 0. The molecule has 0 radical (unpaired) electrons. The molecule has 15 heavy (non-hydrogen) atoms. The Hall–Kier alpha value is -2.02. The van der Waals surface area contributed by atoms with Crippen molar-refractivity contribution in [3.8, 4) is 6.07 Å². The van der Waals surface area contributed by atoms with Crippen LogP contribution in [0.25, 0.3) is 0 Å². The number of anilines is 2. The van der Waals surface area contributed by atoms with Gasteiger partial charge in [0.1, 0.15) is 6.54 Å². The number of nitriles is 1. The van der Waals surface area contributed by atoms with Crippen LogP contribution in [0.2, 0.25) is 0 Å². The fourth-order valence-corrected chi connectivity index (χ4v) is 2.15. The van der Waals surface area contributed by atoms with Gasteiger partial charge in [-0.05, 0) is 12.1 Å². The van der Waals surface area contributed by atoms with Crippen LogP contribution >= 0.6 is 0 Å². The molecule has 0 fully saturated rings. The molecule has 0 atom stereocenters. The van der Waals surface area contributed by atoms with Gasteiger partial charge in [-0.2, -0.15) is 5.26 Å². The molecule has 2 heterocycles. The van der Waals surface area contributed by atoms with Crippen LogP contribution in [0.15, 0.2) is 29.3 Å². The third kappa shape index (κ3) is 1.03. The number of benzene rings is 1. The van der Waals surface area contributed by atoms with Gasteiger partial charge in [0, 0.05) is 6.54 Å². The molecule has 4 nitrogen and oxygen atoms in total. The van der Waals surface area contributed by atoms with Crippen LogP contribution < -0.4 is 9.80 Å². The molecule has 1 aromatic rings. The molecule has 1 aromatic carbocycles. The zero-order valence-electron chi connectivity index (χ0n) is 8.22. The predicted molar refractivity (Wildman–Crippen MR) is 59.0 cm³/mol. The summed E-state index contributed by atoms with van der Waals surface area (Å²) in [6.07, 6.45) is 0. The van der Waals surface area contributed by atoms with Crippen molar-refractivity contribution < 1.29 is 0 Å². The van der Waals surface area contributed by atoms with Crippen molar-refractivity contribution in [2.45, 2.75) is 0 Å². The molecular weight excluding hydrogens is 188 g/mol. The van der Waals surface area contributed by atoms with Crippen molar-refractivity contribution >= 4 is 17.3 Å². The smallest absolute Gasteiger partial charge is 0.206 e. The number of hydrogen-bond acceptors (Lipinski definition) is 4. The molecule has 0 saturated heterocycles. The lowest BCUT2D eigenvalue weighted by Crippen LogP contribution is -2.35. The maximum absolute atomic E-state index is 8.81. The van der Waals surface area contributed by atoms with E-state index in [1.165, 1.54) is 5.69 Å². The van der Waals surface area contributed by atoms with Crippen molar-refractivity contribution in [2.24, 2.45) is 4.99 Å². The molecule has 4 heteroatoms. The summed E-state index contributed by atoms with van der Waals surface area (Å²) in [5.74, 6) is 0.928. The molecule has 0 unspecified atom stereocenters. The monoisotopic (exact) mass is 198 g/mol. The molecule has 0 amide bonds. The number of hydrogen-bond donors (Lipinski definition) is 0. The van der Waals surface area contributed by atoms with E-state index in [2.05, 4.69) is 22.0 Å². The molecule has 74 valence electrons. The maximum atomic E-state index is 8.81. The molecule has 2 aliphatic rings. The highest BCUT2D eigenvalue weighted by Crippen LogP contribution is 2.37. The van der Waals surface area contributed by atoms with Gasteiger partial charge in [0.25, 0.3) is 0 Å². The zero-order chi connectivity index (χ0) is 10.3. The van der Waals surface area contributed by atoms with E-state index in [0.29, 0.717) is 6.54 Å². The van der Waals surface area contributed by atoms with Crippen molar-refractivity contribution in [1.82, 2.24) is 0 Å². The highest BCUT2D eigenvalue weighted by Gasteiger charge is 2.34. The lowest BCUT2D eigenvalue weighted by Gasteiger charge is -2.15. The van der Waals surface area contributed by atoms with Crippen LogP contribution in [0.1, 0.15) is 0 Å². The Bertz CT molecular complexity index is 472. The third-order valence-electron chi connectivity index (χ3n) is 2.75. The first-order valence-corrected chi connectivity index (χ1v) is 4.97. The second-order valence-corrected chi connectivity index (χ2v) is 3.57. The lowest BCUT2D eigenvalue weighted by atomic mass is 10.2. The molecule has 0 spiro atoms. The molecule has 0 aromatic heterocycles. The standard InChI is InChI=1S/C11H10N4/c12-5-7-14-9-3-1-2-4-10(9)15-8-6-13-11(14)15/h1-4H,6-8H2. The Morgan fingerprint density at radius 1 is 1.33 bits per heavy atom. The molecule has 2 aliphatic heterocycles. The normalized spacial score (nSPS) is 17.1. The largest absolute Gasteiger partial charge is 0.308 e. The fourth-order valence-electron chi connectivity index (χ4n) is 2.15. The van der Waals surface area contributed by atoms with Gasteiger partial charge >= 0.3 is 0 Å². The van der Waals surface area contributed by atoms with E-state index in [-0.39, 0.29) is 0 Å². The van der Waals surface area contributed by atoms with Crippen LogP contribution in [-0.2, 0) is 0 Å². The van der Waals surface area contributed by atoms with Crippen molar-refractivity contribution in [2.75, 3.05) is 29.4 Å². The van der Waals surface area contributed by atoms with Crippen LogP contribution in [0.4, 0.5) is 11.4 Å². The predicted octanol–water partition coefficient (Wildman–Crippen LogP) is 1.21. The first-order valence-electron chi connectivity index (χ1n) is 4.97. The summed E-state index contributed by atoms with van der Waals surface area (Å²) in [4.78, 5) is 8.58. The summed E-state index contributed by atoms with van der Waals surface area (Å²) in [6.45, 7) is 2.12. The second kappa shape index (κ2) is 2.99. The minimum Gasteiger partial charge on any atom is -0.308 e. The summed E-state index contributed by atoms with van der Waals surface area (Å²) in [5, 5.41) is 8.81. The van der Waals surface area contributed by atoms with Crippen molar-refractivity contribution in [3.05, 3.63) is 24.3 Å². The van der Waals surface area contributed by atoms with Crippen molar-refractivity contribution in [3.63, 3.8) is 0 Å². The minimum absolute atomic E-state index is 0.367. The van der Waals surface area contributed by atoms with E-state index in [1.807, 2.05) is 23.1 Å². The van der Waals surface area contributed by atoms with Gasteiger partial charge in [-0.3, -0.25) is 9.89 Å². The number of para-hydroxylation sites is 2. The Labute approximate surface area is 88.1 Å². The third-order valence-corrected chi connectivity index (χ3v) is 2.75. The molecule has 0 aliphatic carbocycles. The van der Waals surface area contributed by atoms with E-state index in [4.69, 9.17) is 5.26 Å². The Morgan fingerprint density at radius 2 is 2.13 bits per heavy atom. The molecule has 0 bridgehead atoms.